The summed E-state index contributed by atoms with van der Waals surface area (Å²) in [6.07, 6.45) is 4.81. The third-order valence-electron chi connectivity index (χ3n) is 4.33. The van der Waals surface area contributed by atoms with E-state index in [-0.39, 0.29) is 0 Å². The monoisotopic (exact) mass is 271 g/mol. The van der Waals surface area contributed by atoms with Gasteiger partial charge in [0, 0.05) is 11.3 Å². The lowest BCUT2D eigenvalue weighted by Gasteiger charge is -2.26. The van der Waals surface area contributed by atoms with Gasteiger partial charge in [0.25, 0.3) is 0 Å². The zero-order chi connectivity index (χ0) is 14.1. The highest BCUT2D eigenvalue weighted by molar-refractivity contribution is 5.65. The number of nitrogens with zero attached hydrogens (tertiary/aromatic N) is 4. The third kappa shape index (κ3) is 2.40. The van der Waals surface area contributed by atoms with Crippen molar-refractivity contribution in [3.05, 3.63) is 23.8 Å². The Morgan fingerprint density at radius 2 is 1.95 bits per heavy atom. The molecule has 0 spiro atoms. The maximum absolute atomic E-state index is 5.90. The number of rotatable bonds is 2. The first-order valence-corrected chi connectivity index (χ1v) is 7.29. The maximum atomic E-state index is 5.90. The fraction of sp³-hybridized carbons (Fsp3) is 0.533. The maximum Gasteiger partial charge on any atom is 0.182 e. The van der Waals surface area contributed by atoms with E-state index in [9.17, 15) is 0 Å². The first-order valence-electron chi connectivity index (χ1n) is 7.29. The minimum absolute atomic E-state index is 0.414. The van der Waals surface area contributed by atoms with Crippen molar-refractivity contribution in [1.29, 1.82) is 0 Å². The summed E-state index contributed by atoms with van der Waals surface area (Å²) in [7, 11) is 0. The lowest BCUT2D eigenvalue weighted by atomic mass is 9.87. The highest BCUT2D eigenvalue weighted by Crippen LogP contribution is 2.34. The molecule has 1 saturated carbocycles. The molecule has 20 heavy (non-hydrogen) atoms. The van der Waals surface area contributed by atoms with Crippen molar-refractivity contribution in [2.75, 3.05) is 5.73 Å². The van der Waals surface area contributed by atoms with Crippen molar-refractivity contribution in [1.82, 2.24) is 20.2 Å². The van der Waals surface area contributed by atoms with Crippen LogP contribution in [0.4, 0.5) is 5.69 Å². The quantitative estimate of drug-likeness (QED) is 0.852. The van der Waals surface area contributed by atoms with Gasteiger partial charge in [-0.2, -0.15) is 0 Å². The fourth-order valence-electron chi connectivity index (χ4n) is 2.98. The van der Waals surface area contributed by atoms with Crippen LogP contribution in [0.15, 0.2) is 18.2 Å². The summed E-state index contributed by atoms with van der Waals surface area (Å²) in [6, 6.07) is 6.31. The van der Waals surface area contributed by atoms with E-state index in [1.165, 1.54) is 12.8 Å². The highest BCUT2D eigenvalue weighted by Gasteiger charge is 2.24. The van der Waals surface area contributed by atoms with Crippen molar-refractivity contribution in [2.24, 2.45) is 5.92 Å². The Kier molecular flexibility index (Phi) is 3.42. The summed E-state index contributed by atoms with van der Waals surface area (Å²) >= 11 is 0. The molecule has 1 aliphatic carbocycles. The normalized spacial score (nSPS) is 22.9. The average molecular weight is 271 g/mol. The smallest absolute Gasteiger partial charge is 0.182 e. The average Bonchev–Trinajstić information content (AvgIpc) is 2.91. The second-order valence-corrected chi connectivity index (χ2v) is 5.94. The van der Waals surface area contributed by atoms with E-state index in [2.05, 4.69) is 29.4 Å². The number of nitrogens with two attached hydrogens (primary N) is 1. The van der Waals surface area contributed by atoms with Gasteiger partial charge in [-0.15, -0.1) is 5.10 Å². The van der Waals surface area contributed by atoms with Gasteiger partial charge in [0.2, 0.25) is 0 Å². The molecule has 1 aromatic heterocycles. The third-order valence-corrected chi connectivity index (χ3v) is 4.33. The van der Waals surface area contributed by atoms with Crippen LogP contribution in [0, 0.1) is 12.8 Å². The molecule has 0 radical (unpaired) electrons. The van der Waals surface area contributed by atoms with Crippen molar-refractivity contribution >= 4 is 5.69 Å². The number of anilines is 1. The van der Waals surface area contributed by atoms with Crippen LogP contribution in [-0.2, 0) is 0 Å². The Labute approximate surface area is 119 Å². The van der Waals surface area contributed by atoms with Gasteiger partial charge >= 0.3 is 0 Å². The molecule has 3 rings (SSSR count). The Morgan fingerprint density at radius 3 is 2.70 bits per heavy atom. The molecule has 5 heteroatoms. The summed E-state index contributed by atoms with van der Waals surface area (Å²) in [4.78, 5) is 0. The van der Waals surface area contributed by atoms with Gasteiger partial charge in [-0.3, -0.25) is 0 Å². The molecule has 0 unspecified atom stereocenters. The van der Waals surface area contributed by atoms with Crippen molar-refractivity contribution in [2.45, 2.75) is 45.6 Å². The van der Waals surface area contributed by atoms with Gasteiger partial charge in [0.05, 0.1) is 6.04 Å². The number of aryl methyl sites for hydroxylation is 1. The van der Waals surface area contributed by atoms with Crippen LogP contribution < -0.4 is 5.73 Å². The van der Waals surface area contributed by atoms with Gasteiger partial charge in [-0.25, -0.2) is 4.68 Å². The largest absolute Gasteiger partial charge is 0.399 e. The van der Waals surface area contributed by atoms with E-state index < -0.39 is 0 Å². The topological polar surface area (TPSA) is 69.6 Å². The Morgan fingerprint density at radius 1 is 1.20 bits per heavy atom. The molecule has 1 aliphatic rings. The van der Waals surface area contributed by atoms with E-state index in [0.29, 0.717) is 6.04 Å². The zero-order valence-electron chi connectivity index (χ0n) is 12.1. The summed E-state index contributed by atoms with van der Waals surface area (Å²) in [5.74, 6) is 1.66. The van der Waals surface area contributed by atoms with Crippen molar-refractivity contribution < 1.29 is 0 Å². The molecule has 5 nitrogen and oxygen atoms in total. The number of nitrogen functional groups attached to an aromatic ring is 1. The molecule has 0 atom stereocenters. The summed E-state index contributed by atoms with van der Waals surface area (Å²) < 4.78 is 1.99. The van der Waals surface area contributed by atoms with Gasteiger partial charge in [-0.1, -0.05) is 13.0 Å². The molecule has 2 N–H and O–H groups in total. The predicted octanol–water partition coefficient (Wildman–Crippen LogP) is 2.98. The summed E-state index contributed by atoms with van der Waals surface area (Å²) in [5, 5.41) is 12.3. The molecule has 1 heterocycles. The van der Waals surface area contributed by atoms with Crippen LogP contribution in [0.2, 0.25) is 0 Å². The van der Waals surface area contributed by atoms with E-state index >= 15 is 0 Å². The molecule has 1 aromatic carbocycles. The second-order valence-electron chi connectivity index (χ2n) is 5.94. The fourth-order valence-corrected chi connectivity index (χ4v) is 2.98. The SMILES string of the molecule is Cc1ccc(N)cc1-c1nnnn1C1CCC(C)CC1. The van der Waals surface area contributed by atoms with Gasteiger partial charge in [0.1, 0.15) is 0 Å². The van der Waals surface area contributed by atoms with E-state index in [1.807, 2.05) is 22.9 Å². The lowest BCUT2D eigenvalue weighted by molar-refractivity contribution is 0.272. The molecule has 0 saturated heterocycles. The molecule has 1 fully saturated rings. The van der Waals surface area contributed by atoms with Crippen LogP contribution in [0.1, 0.15) is 44.2 Å². The predicted molar refractivity (Wildman–Crippen MR) is 79.1 cm³/mol. The Balaban J connectivity index is 1.96. The van der Waals surface area contributed by atoms with Crippen LogP contribution in [0.5, 0.6) is 0 Å². The molecule has 0 aliphatic heterocycles. The minimum Gasteiger partial charge on any atom is -0.399 e. The number of hydrogen-bond acceptors (Lipinski definition) is 4. The molecule has 106 valence electrons. The number of hydrogen-bond donors (Lipinski definition) is 1. The lowest BCUT2D eigenvalue weighted by Crippen LogP contribution is -2.19. The number of tetrazole rings is 1. The van der Waals surface area contributed by atoms with Crippen LogP contribution in [0.25, 0.3) is 11.4 Å². The molecular weight excluding hydrogens is 250 g/mol. The Hall–Kier alpha value is -1.91. The van der Waals surface area contributed by atoms with E-state index in [0.717, 1.165) is 41.4 Å². The van der Waals surface area contributed by atoms with Crippen molar-refractivity contribution in [3.8, 4) is 11.4 Å². The zero-order valence-corrected chi connectivity index (χ0v) is 12.1. The molecular formula is C15H21N5. The van der Waals surface area contributed by atoms with E-state index in [1.54, 1.807) is 0 Å². The van der Waals surface area contributed by atoms with Gasteiger partial charge in [-0.05, 0) is 66.6 Å². The van der Waals surface area contributed by atoms with E-state index in [4.69, 9.17) is 5.73 Å². The standard InChI is InChI=1S/C15H21N5/c1-10-3-7-13(8-4-10)20-15(17-18-19-20)14-9-12(16)6-5-11(14)2/h5-6,9-10,13H,3-4,7-8,16H2,1-2H3. The van der Waals surface area contributed by atoms with Gasteiger partial charge < -0.3 is 5.73 Å². The second kappa shape index (κ2) is 5.23. The van der Waals surface area contributed by atoms with Crippen LogP contribution in [-0.4, -0.2) is 20.2 Å². The Bertz CT molecular complexity index is 596. The number of aromatic nitrogens is 4. The first-order chi connectivity index (χ1) is 9.65. The first kappa shape index (κ1) is 13.1. The minimum atomic E-state index is 0.414. The molecule has 2 aromatic rings. The molecule has 0 amide bonds. The summed E-state index contributed by atoms with van der Waals surface area (Å²) in [5.41, 5.74) is 8.84. The summed E-state index contributed by atoms with van der Waals surface area (Å²) in [6.45, 7) is 4.38. The van der Waals surface area contributed by atoms with Crippen LogP contribution in [0.3, 0.4) is 0 Å². The van der Waals surface area contributed by atoms with Gasteiger partial charge in [0.15, 0.2) is 5.82 Å². The number of benzene rings is 1. The van der Waals surface area contributed by atoms with Crippen molar-refractivity contribution in [3.63, 3.8) is 0 Å². The van der Waals surface area contributed by atoms with Crippen LogP contribution >= 0.6 is 0 Å². The highest BCUT2D eigenvalue weighted by atomic mass is 15.5. The molecule has 0 bridgehead atoms.